The predicted molar refractivity (Wildman–Crippen MR) is 119 cm³/mol. The second-order valence-electron chi connectivity index (χ2n) is 7.42. The van der Waals surface area contributed by atoms with Gasteiger partial charge in [0.15, 0.2) is 0 Å². The van der Waals surface area contributed by atoms with Gasteiger partial charge in [-0.1, -0.05) is 49.7 Å². The van der Waals surface area contributed by atoms with Crippen molar-refractivity contribution in [2.75, 3.05) is 5.32 Å². The zero-order valence-corrected chi connectivity index (χ0v) is 17.4. The van der Waals surface area contributed by atoms with Gasteiger partial charge < -0.3 is 9.88 Å². The molecule has 2 aromatic heterocycles. The third kappa shape index (κ3) is 4.14. The van der Waals surface area contributed by atoms with E-state index in [1.807, 2.05) is 36.4 Å². The van der Waals surface area contributed by atoms with Crippen LogP contribution in [0.1, 0.15) is 25.3 Å². The maximum absolute atomic E-state index is 12.8. The topological polar surface area (TPSA) is 68.4 Å². The molecule has 152 valence electrons. The van der Waals surface area contributed by atoms with E-state index in [1.54, 1.807) is 30.6 Å². The van der Waals surface area contributed by atoms with Crippen LogP contribution in [0.3, 0.4) is 0 Å². The fourth-order valence-electron chi connectivity index (χ4n) is 3.22. The Morgan fingerprint density at radius 1 is 1.07 bits per heavy atom. The fourth-order valence-corrected chi connectivity index (χ4v) is 3.35. The minimum atomic E-state index is -0.282. The molecule has 0 saturated carbocycles. The molecule has 0 bridgehead atoms. The summed E-state index contributed by atoms with van der Waals surface area (Å²) in [5.41, 5.74) is 3.54. The third-order valence-electron chi connectivity index (χ3n) is 4.92. The molecule has 7 heteroatoms. The number of rotatable bonds is 5. The molecule has 0 spiro atoms. The Balaban J connectivity index is 1.54. The normalized spacial score (nSPS) is 11.2. The van der Waals surface area contributed by atoms with Crippen molar-refractivity contribution in [1.29, 1.82) is 0 Å². The summed E-state index contributed by atoms with van der Waals surface area (Å²) in [5, 5.41) is 7.91. The summed E-state index contributed by atoms with van der Waals surface area (Å²) in [6.07, 6.45) is 3.23. The summed E-state index contributed by atoms with van der Waals surface area (Å²) < 4.78 is 2.89. The SMILES string of the molecule is CC(C)c1ccc(NC(=O)Cn2ccn3nc(-c4ccc(Cl)cc4)cc3c2=O)cc1. The maximum Gasteiger partial charge on any atom is 0.277 e. The second kappa shape index (κ2) is 8.16. The molecule has 0 saturated heterocycles. The molecular weight excluding hydrogens is 400 g/mol. The predicted octanol–water partition coefficient (Wildman–Crippen LogP) is 4.58. The first-order chi connectivity index (χ1) is 14.4. The molecule has 0 atom stereocenters. The minimum absolute atomic E-state index is 0.0806. The van der Waals surface area contributed by atoms with Crippen LogP contribution in [0.2, 0.25) is 5.02 Å². The largest absolute Gasteiger partial charge is 0.325 e. The molecule has 0 fully saturated rings. The number of amides is 1. The highest BCUT2D eigenvalue weighted by molar-refractivity contribution is 6.30. The molecule has 2 heterocycles. The van der Waals surface area contributed by atoms with Crippen LogP contribution in [0.4, 0.5) is 5.69 Å². The van der Waals surface area contributed by atoms with Gasteiger partial charge in [0.1, 0.15) is 12.1 Å². The van der Waals surface area contributed by atoms with Crippen LogP contribution in [0.5, 0.6) is 0 Å². The van der Waals surface area contributed by atoms with Crippen LogP contribution in [0.15, 0.2) is 71.8 Å². The van der Waals surface area contributed by atoms with Gasteiger partial charge in [-0.3, -0.25) is 9.59 Å². The number of carbonyl (C=O) groups is 1. The van der Waals surface area contributed by atoms with Gasteiger partial charge in [0, 0.05) is 28.7 Å². The highest BCUT2D eigenvalue weighted by Crippen LogP contribution is 2.21. The summed E-state index contributed by atoms with van der Waals surface area (Å²) in [4.78, 5) is 25.3. The van der Waals surface area contributed by atoms with Gasteiger partial charge in [-0.25, -0.2) is 4.52 Å². The average Bonchev–Trinajstić information content (AvgIpc) is 3.16. The number of fused-ring (bicyclic) bond motifs is 1. The Morgan fingerprint density at radius 2 is 1.77 bits per heavy atom. The first-order valence-corrected chi connectivity index (χ1v) is 10.0. The van der Waals surface area contributed by atoms with Gasteiger partial charge in [-0.15, -0.1) is 0 Å². The molecule has 0 aliphatic rings. The van der Waals surface area contributed by atoms with Crippen LogP contribution in [-0.2, 0) is 11.3 Å². The van der Waals surface area contributed by atoms with E-state index in [9.17, 15) is 9.59 Å². The van der Waals surface area contributed by atoms with Crippen molar-refractivity contribution in [2.24, 2.45) is 0 Å². The van der Waals surface area contributed by atoms with E-state index < -0.39 is 0 Å². The molecule has 4 aromatic rings. The summed E-state index contributed by atoms with van der Waals surface area (Å²) in [7, 11) is 0. The van der Waals surface area contributed by atoms with Gasteiger partial charge in [0.25, 0.3) is 5.56 Å². The molecule has 1 amide bonds. The molecule has 1 N–H and O–H groups in total. The van der Waals surface area contributed by atoms with Crippen molar-refractivity contribution in [1.82, 2.24) is 14.2 Å². The number of halogens is 1. The van der Waals surface area contributed by atoms with Crippen molar-refractivity contribution < 1.29 is 4.79 Å². The van der Waals surface area contributed by atoms with Crippen LogP contribution < -0.4 is 10.9 Å². The van der Waals surface area contributed by atoms with Crippen LogP contribution in [0, 0.1) is 0 Å². The van der Waals surface area contributed by atoms with Gasteiger partial charge in [0.05, 0.1) is 5.69 Å². The first kappa shape index (κ1) is 19.9. The van der Waals surface area contributed by atoms with Crippen LogP contribution >= 0.6 is 11.6 Å². The average molecular weight is 421 g/mol. The number of nitrogens with zero attached hydrogens (tertiary/aromatic N) is 3. The smallest absolute Gasteiger partial charge is 0.277 e. The number of benzene rings is 2. The minimum Gasteiger partial charge on any atom is -0.325 e. The number of aromatic nitrogens is 3. The van der Waals surface area contributed by atoms with E-state index in [1.165, 1.54) is 14.6 Å². The number of carbonyl (C=O) groups excluding carboxylic acids is 1. The highest BCUT2D eigenvalue weighted by Gasteiger charge is 2.12. The summed E-state index contributed by atoms with van der Waals surface area (Å²) in [5.74, 6) is 0.157. The number of hydrogen-bond donors (Lipinski definition) is 1. The summed E-state index contributed by atoms with van der Waals surface area (Å²) in [6, 6.07) is 16.7. The Hall–Kier alpha value is -3.38. The number of nitrogens with one attached hydrogen (secondary N) is 1. The van der Waals surface area contributed by atoms with Crippen molar-refractivity contribution in [3.05, 3.63) is 87.9 Å². The lowest BCUT2D eigenvalue weighted by Crippen LogP contribution is -2.28. The molecule has 0 aliphatic carbocycles. The third-order valence-corrected chi connectivity index (χ3v) is 5.17. The van der Waals surface area contributed by atoms with E-state index in [-0.39, 0.29) is 18.0 Å². The monoisotopic (exact) mass is 420 g/mol. The van der Waals surface area contributed by atoms with Gasteiger partial charge in [0.2, 0.25) is 5.91 Å². The van der Waals surface area contributed by atoms with E-state index in [0.717, 1.165) is 5.56 Å². The van der Waals surface area contributed by atoms with Crippen LogP contribution in [0.25, 0.3) is 16.8 Å². The van der Waals surface area contributed by atoms with Crippen molar-refractivity contribution in [2.45, 2.75) is 26.3 Å². The Morgan fingerprint density at radius 3 is 2.43 bits per heavy atom. The van der Waals surface area contributed by atoms with Crippen molar-refractivity contribution in [3.63, 3.8) is 0 Å². The molecule has 2 aromatic carbocycles. The molecule has 0 aliphatic heterocycles. The second-order valence-corrected chi connectivity index (χ2v) is 7.86. The highest BCUT2D eigenvalue weighted by atomic mass is 35.5. The standard InChI is InChI=1S/C23H21ClN4O2/c1-15(2)16-5-9-19(10-6-16)25-22(29)14-27-11-12-28-21(23(27)30)13-20(26-28)17-3-7-18(24)8-4-17/h3-13,15H,14H2,1-2H3,(H,25,29). The molecule has 6 nitrogen and oxygen atoms in total. The molecule has 30 heavy (non-hydrogen) atoms. The molecule has 0 unspecified atom stereocenters. The molecule has 4 rings (SSSR count). The lowest BCUT2D eigenvalue weighted by atomic mass is 10.0. The molecular formula is C23H21ClN4O2. The summed E-state index contributed by atoms with van der Waals surface area (Å²) >= 11 is 5.93. The molecule has 0 radical (unpaired) electrons. The number of anilines is 1. The zero-order chi connectivity index (χ0) is 21.3. The van der Waals surface area contributed by atoms with E-state index in [2.05, 4.69) is 24.3 Å². The maximum atomic E-state index is 12.8. The Labute approximate surface area is 178 Å². The van der Waals surface area contributed by atoms with Crippen molar-refractivity contribution in [3.8, 4) is 11.3 Å². The van der Waals surface area contributed by atoms with Crippen LogP contribution in [-0.4, -0.2) is 20.1 Å². The lowest BCUT2D eigenvalue weighted by Gasteiger charge is -2.09. The Kier molecular flexibility index (Phi) is 5.42. The van der Waals surface area contributed by atoms with Gasteiger partial charge in [-0.05, 0) is 41.8 Å². The van der Waals surface area contributed by atoms with E-state index >= 15 is 0 Å². The first-order valence-electron chi connectivity index (χ1n) is 9.65. The lowest BCUT2D eigenvalue weighted by molar-refractivity contribution is -0.116. The van der Waals surface area contributed by atoms with Gasteiger partial charge >= 0.3 is 0 Å². The Bertz CT molecular complexity index is 1260. The fraction of sp³-hybridized carbons (Fsp3) is 0.174. The van der Waals surface area contributed by atoms with E-state index in [0.29, 0.717) is 27.8 Å². The quantitative estimate of drug-likeness (QED) is 0.514. The van der Waals surface area contributed by atoms with Crippen molar-refractivity contribution >= 4 is 28.7 Å². The zero-order valence-electron chi connectivity index (χ0n) is 16.7. The summed E-state index contributed by atoms with van der Waals surface area (Å²) in [6.45, 7) is 4.15. The van der Waals surface area contributed by atoms with Gasteiger partial charge in [-0.2, -0.15) is 5.10 Å². The van der Waals surface area contributed by atoms with E-state index in [4.69, 9.17) is 11.6 Å². The number of hydrogen-bond acceptors (Lipinski definition) is 3.